The molecule has 0 heterocycles. The van der Waals surface area contributed by atoms with Gasteiger partial charge in [-0.2, -0.15) is 0 Å². The van der Waals surface area contributed by atoms with Gasteiger partial charge in [0.2, 0.25) is 0 Å². The minimum Gasteiger partial charge on any atom is -0.402 e. The lowest BCUT2D eigenvalue weighted by molar-refractivity contribution is -0.291. The predicted octanol–water partition coefficient (Wildman–Crippen LogP) is 5.69. The summed E-state index contributed by atoms with van der Waals surface area (Å²) in [6.07, 6.45) is -23.8. The van der Waals surface area contributed by atoms with Crippen molar-refractivity contribution < 1.29 is 71.6 Å². The minimum atomic E-state index is -5.81. The second-order valence-corrected chi connectivity index (χ2v) is 5.15. The van der Waals surface area contributed by atoms with Crippen LogP contribution in [0.5, 0.6) is 23.0 Å². The molecule has 0 saturated heterocycles. The fourth-order valence-corrected chi connectivity index (χ4v) is 2.00. The molecule has 0 spiro atoms. The van der Waals surface area contributed by atoms with Crippen LogP contribution in [0.3, 0.4) is 0 Å². The Labute approximate surface area is 158 Å². The van der Waals surface area contributed by atoms with Gasteiger partial charge in [0.1, 0.15) is 0 Å². The van der Waals surface area contributed by atoms with Gasteiger partial charge in [0.05, 0.1) is 5.56 Å². The molecule has 0 aliphatic rings. The number of ether oxygens (including phenoxy) is 4. The van der Waals surface area contributed by atoms with Crippen LogP contribution in [0.2, 0.25) is 0 Å². The maximum atomic E-state index is 12.7. The zero-order chi connectivity index (χ0) is 23.7. The van der Waals surface area contributed by atoms with Crippen molar-refractivity contribution in [3.63, 3.8) is 0 Å². The Morgan fingerprint density at radius 2 is 0.967 bits per heavy atom. The summed E-state index contributed by atoms with van der Waals surface area (Å²) in [5.41, 5.74) is 3.67. The highest BCUT2D eigenvalue weighted by Crippen LogP contribution is 2.52. The van der Waals surface area contributed by atoms with Crippen LogP contribution < -0.4 is 24.7 Å². The van der Waals surface area contributed by atoms with Crippen molar-refractivity contribution in [3.05, 3.63) is 11.6 Å². The van der Waals surface area contributed by atoms with Gasteiger partial charge in [-0.3, -0.25) is 0 Å². The summed E-state index contributed by atoms with van der Waals surface area (Å²) >= 11 is 0. The van der Waals surface area contributed by atoms with Crippen LogP contribution in [0.15, 0.2) is 6.07 Å². The second-order valence-electron chi connectivity index (χ2n) is 5.15. The third-order valence-electron chi connectivity index (χ3n) is 2.90. The van der Waals surface area contributed by atoms with Crippen molar-refractivity contribution in [2.75, 3.05) is 0 Å². The van der Waals surface area contributed by atoms with Crippen molar-refractivity contribution in [1.82, 2.24) is 0 Å². The first kappa shape index (κ1) is 25.6. The maximum absolute atomic E-state index is 12.7. The van der Waals surface area contributed by atoms with E-state index in [0.29, 0.717) is 0 Å². The molecule has 1 unspecified atom stereocenters. The molecular weight excluding hydrogens is 462 g/mol. The zero-order valence-corrected chi connectivity index (χ0v) is 14.1. The van der Waals surface area contributed by atoms with Crippen molar-refractivity contribution in [2.24, 2.45) is 5.73 Å². The van der Waals surface area contributed by atoms with Gasteiger partial charge >= 0.3 is 25.4 Å². The van der Waals surface area contributed by atoms with Crippen molar-refractivity contribution in [2.45, 2.75) is 44.8 Å². The van der Waals surface area contributed by atoms with Crippen molar-refractivity contribution in [1.29, 1.82) is 0 Å². The average Bonchev–Trinajstić information content (AvgIpc) is 2.45. The minimum absolute atomic E-state index is 0.561. The predicted molar refractivity (Wildman–Crippen MR) is 70.4 cm³/mol. The van der Waals surface area contributed by atoms with E-state index in [-0.39, 0.29) is 0 Å². The van der Waals surface area contributed by atoms with Crippen LogP contribution in [-0.4, -0.2) is 25.4 Å². The largest absolute Gasteiger partial charge is 0.573 e. The van der Waals surface area contributed by atoms with Gasteiger partial charge in [0, 0.05) is 12.1 Å². The average molecular weight is 471 g/mol. The van der Waals surface area contributed by atoms with E-state index in [0.717, 1.165) is 6.92 Å². The van der Waals surface area contributed by atoms with Crippen molar-refractivity contribution >= 4 is 0 Å². The fourth-order valence-electron chi connectivity index (χ4n) is 2.00. The molecule has 0 saturated carbocycles. The summed E-state index contributed by atoms with van der Waals surface area (Å²) in [4.78, 5) is 0. The van der Waals surface area contributed by atoms with Gasteiger partial charge < -0.3 is 24.7 Å². The number of rotatable bonds is 6. The molecule has 30 heavy (non-hydrogen) atoms. The molecule has 5 nitrogen and oxygen atoms in total. The van der Waals surface area contributed by atoms with E-state index in [1.807, 2.05) is 0 Å². The first-order valence-electron chi connectivity index (χ1n) is 7.22. The van der Waals surface area contributed by atoms with Gasteiger partial charge in [-0.25, -0.2) is 0 Å². The van der Waals surface area contributed by atoms with Gasteiger partial charge in [-0.1, -0.05) is 6.92 Å². The van der Waals surface area contributed by atoms with E-state index in [9.17, 15) is 52.7 Å². The number of halogens is 12. The Bertz CT molecular complexity index is 684. The summed E-state index contributed by atoms with van der Waals surface area (Å²) in [7, 11) is 0. The molecule has 1 aromatic carbocycles. The lowest BCUT2D eigenvalue weighted by atomic mass is 10.0. The topological polar surface area (TPSA) is 62.9 Å². The van der Waals surface area contributed by atoms with E-state index < -0.39 is 72.5 Å². The third-order valence-corrected chi connectivity index (χ3v) is 2.90. The van der Waals surface area contributed by atoms with E-state index in [4.69, 9.17) is 5.73 Å². The molecule has 0 aromatic heterocycles. The van der Waals surface area contributed by atoms with Gasteiger partial charge in [0.15, 0.2) is 23.0 Å². The first-order valence-corrected chi connectivity index (χ1v) is 7.22. The molecule has 1 rings (SSSR count). The van der Waals surface area contributed by atoms with Gasteiger partial charge in [0.25, 0.3) is 0 Å². The second kappa shape index (κ2) is 8.35. The summed E-state index contributed by atoms with van der Waals surface area (Å²) in [5.74, 6) is -8.40. The molecule has 2 N–H and O–H groups in total. The van der Waals surface area contributed by atoms with Gasteiger partial charge in [-0.05, 0) is 6.42 Å². The summed E-state index contributed by atoms with van der Waals surface area (Å²) < 4.78 is 164. The van der Waals surface area contributed by atoms with Crippen LogP contribution in [0.1, 0.15) is 24.9 Å². The van der Waals surface area contributed by atoms with Gasteiger partial charge in [-0.15, -0.1) is 52.7 Å². The molecule has 0 radical (unpaired) electrons. The molecule has 0 bridgehead atoms. The molecule has 1 aromatic rings. The molecule has 0 aliphatic carbocycles. The highest BCUT2D eigenvalue weighted by Gasteiger charge is 2.44. The van der Waals surface area contributed by atoms with Crippen LogP contribution in [-0.2, 0) is 0 Å². The Kier molecular flexibility index (Phi) is 7.12. The van der Waals surface area contributed by atoms with Crippen LogP contribution in [0.25, 0.3) is 0 Å². The number of hydrogen-bond acceptors (Lipinski definition) is 5. The molecule has 174 valence electrons. The fraction of sp³-hybridized carbons (Fsp3) is 0.538. The molecule has 1 atom stereocenters. The van der Waals surface area contributed by atoms with Crippen molar-refractivity contribution in [3.8, 4) is 23.0 Å². The maximum Gasteiger partial charge on any atom is 0.573 e. The van der Waals surface area contributed by atoms with E-state index >= 15 is 0 Å². The molecule has 0 amide bonds. The number of hydrogen-bond donors (Lipinski definition) is 1. The monoisotopic (exact) mass is 471 g/mol. The normalized spacial score (nSPS) is 14.3. The molecule has 0 aliphatic heterocycles. The standard InChI is InChI=1S/C13H9F12NO4/c1-2-4(26)7-8(29-12(20,21)22)5(27-10(14,15)16)3-6(28-11(17,18)19)9(7)30-13(23,24)25/h3-4H,2,26H2,1H3. The van der Waals surface area contributed by atoms with E-state index in [1.54, 1.807) is 0 Å². The summed E-state index contributed by atoms with van der Waals surface area (Å²) in [6.45, 7) is 1.04. The SMILES string of the molecule is CCC(N)c1c(OC(F)(F)F)c(OC(F)(F)F)cc(OC(F)(F)F)c1OC(F)(F)F. The highest BCUT2D eigenvalue weighted by atomic mass is 19.4. The van der Waals surface area contributed by atoms with Crippen LogP contribution in [0, 0.1) is 0 Å². The smallest absolute Gasteiger partial charge is 0.402 e. The molecule has 17 heteroatoms. The van der Waals surface area contributed by atoms with Crippen LogP contribution in [0.4, 0.5) is 52.7 Å². The number of nitrogens with two attached hydrogens (primary N) is 1. The lowest BCUT2D eigenvalue weighted by Gasteiger charge is -2.26. The zero-order valence-electron chi connectivity index (χ0n) is 14.1. The van der Waals surface area contributed by atoms with E-state index in [2.05, 4.69) is 18.9 Å². The summed E-state index contributed by atoms with van der Waals surface area (Å²) in [5, 5.41) is 0. The highest BCUT2D eigenvalue weighted by molar-refractivity contribution is 5.62. The van der Waals surface area contributed by atoms with Crippen LogP contribution >= 0.6 is 0 Å². The Balaban J connectivity index is 3.99. The molecular formula is C13H9F12NO4. The van der Waals surface area contributed by atoms with E-state index in [1.165, 1.54) is 0 Å². The Morgan fingerprint density at radius 3 is 1.20 bits per heavy atom. The first-order chi connectivity index (χ1) is 13.2. The lowest BCUT2D eigenvalue weighted by Crippen LogP contribution is -2.27. The summed E-state index contributed by atoms with van der Waals surface area (Å²) in [6, 6.07) is -2.60. The number of benzene rings is 1. The Morgan fingerprint density at radius 1 is 0.667 bits per heavy atom. The third kappa shape index (κ3) is 8.11. The molecule has 0 fully saturated rings. The Hall–Kier alpha value is -2.46. The number of alkyl halides is 12. The quantitative estimate of drug-likeness (QED) is 0.541.